The van der Waals surface area contributed by atoms with Crippen molar-refractivity contribution in [3.63, 3.8) is 0 Å². The van der Waals surface area contributed by atoms with Crippen molar-refractivity contribution in [2.75, 3.05) is 43.4 Å². The van der Waals surface area contributed by atoms with E-state index in [1.807, 2.05) is 30.3 Å². The van der Waals surface area contributed by atoms with Gasteiger partial charge in [0, 0.05) is 38.0 Å². The number of carbonyl (C=O) groups excluding carboxylic acids is 1. The van der Waals surface area contributed by atoms with Gasteiger partial charge in [0.05, 0.1) is 10.2 Å². The lowest BCUT2D eigenvalue weighted by Crippen LogP contribution is -2.44. The van der Waals surface area contributed by atoms with Crippen LogP contribution in [0.1, 0.15) is 6.92 Å². The number of anilines is 2. The van der Waals surface area contributed by atoms with E-state index < -0.39 is 0 Å². The first-order valence-corrected chi connectivity index (χ1v) is 11.2. The molecule has 9 nitrogen and oxygen atoms in total. The molecule has 1 aliphatic heterocycles. The average molecular weight is 441 g/mol. The van der Waals surface area contributed by atoms with Gasteiger partial charge in [0.2, 0.25) is 11.1 Å². The molecule has 30 heavy (non-hydrogen) atoms. The van der Waals surface area contributed by atoms with Crippen LogP contribution in [0.5, 0.6) is 0 Å². The van der Waals surface area contributed by atoms with Crippen LogP contribution in [0.25, 0.3) is 15.9 Å². The zero-order valence-electron chi connectivity index (χ0n) is 16.6. The van der Waals surface area contributed by atoms with E-state index in [4.69, 9.17) is 5.10 Å². The minimum atomic E-state index is -0.124. The highest BCUT2D eigenvalue weighted by Crippen LogP contribution is 2.33. The molecule has 0 aliphatic carbocycles. The lowest BCUT2D eigenvalue weighted by atomic mass is 10.3. The lowest BCUT2D eigenvalue weighted by molar-refractivity contribution is -0.114. The van der Waals surface area contributed by atoms with Gasteiger partial charge in [0.25, 0.3) is 0 Å². The number of likely N-dealkylation sites (N-methyl/N-ethyl adjacent to an activating group) is 1. The van der Waals surface area contributed by atoms with Crippen LogP contribution >= 0.6 is 23.1 Å². The first-order chi connectivity index (χ1) is 14.5. The summed E-state index contributed by atoms with van der Waals surface area (Å²) in [4.78, 5) is 21.3. The molecule has 1 saturated heterocycles. The summed E-state index contributed by atoms with van der Waals surface area (Å²) in [5.74, 6) is 0.816. The third kappa shape index (κ3) is 3.83. The fourth-order valence-electron chi connectivity index (χ4n) is 3.31. The Morgan fingerprint density at radius 2 is 1.97 bits per heavy atom. The van der Waals surface area contributed by atoms with Gasteiger partial charge in [-0.2, -0.15) is 4.52 Å². The second-order valence-corrected chi connectivity index (χ2v) is 9.24. The zero-order valence-corrected chi connectivity index (χ0v) is 18.2. The third-order valence-corrected chi connectivity index (χ3v) is 6.76. The van der Waals surface area contributed by atoms with Gasteiger partial charge < -0.3 is 15.1 Å². The summed E-state index contributed by atoms with van der Waals surface area (Å²) in [5.41, 5.74) is 1.58. The van der Waals surface area contributed by atoms with E-state index >= 15 is 0 Å². The number of benzene rings is 1. The number of hydrogen-bond donors (Lipinski definition) is 1. The first kappa shape index (κ1) is 19.2. The largest absolute Gasteiger partial charge is 0.353 e. The maximum absolute atomic E-state index is 11.3. The molecule has 1 amide bonds. The van der Waals surface area contributed by atoms with Gasteiger partial charge in [-0.05, 0) is 49.1 Å². The van der Waals surface area contributed by atoms with E-state index in [1.165, 1.54) is 30.0 Å². The Bertz CT molecular complexity index is 1230. The zero-order chi connectivity index (χ0) is 20.7. The number of hydrogen-bond acceptors (Lipinski definition) is 9. The molecule has 154 valence electrons. The number of piperazine rings is 1. The summed E-state index contributed by atoms with van der Waals surface area (Å²) < 4.78 is 2.81. The monoisotopic (exact) mass is 440 g/mol. The van der Waals surface area contributed by atoms with Gasteiger partial charge in [-0.15, -0.1) is 15.3 Å². The van der Waals surface area contributed by atoms with E-state index in [0.29, 0.717) is 10.3 Å². The molecule has 0 atom stereocenters. The fraction of sp³-hybridized carbons (Fsp3) is 0.316. The van der Waals surface area contributed by atoms with Gasteiger partial charge in [-0.1, -0.05) is 11.3 Å². The Kier molecular flexibility index (Phi) is 5.01. The molecule has 1 aliphatic rings. The number of thiazole rings is 1. The normalized spacial score (nSPS) is 15.2. The summed E-state index contributed by atoms with van der Waals surface area (Å²) in [6, 6.07) is 9.97. The summed E-state index contributed by atoms with van der Waals surface area (Å²) >= 11 is 2.96. The molecule has 1 N–H and O–H groups in total. The summed E-state index contributed by atoms with van der Waals surface area (Å²) in [7, 11) is 2.14. The van der Waals surface area contributed by atoms with Crippen LogP contribution in [-0.4, -0.2) is 68.8 Å². The number of aromatic nitrogens is 5. The van der Waals surface area contributed by atoms with Crippen LogP contribution in [0.4, 0.5) is 10.9 Å². The Labute approximate surface area is 181 Å². The highest BCUT2D eigenvalue weighted by Gasteiger charge is 2.17. The molecule has 0 unspecified atom stereocenters. The van der Waals surface area contributed by atoms with E-state index in [0.717, 1.165) is 52.8 Å². The maximum atomic E-state index is 11.3. The van der Waals surface area contributed by atoms with Crippen molar-refractivity contribution in [3.05, 3.63) is 30.3 Å². The molecule has 4 aromatic rings. The highest BCUT2D eigenvalue weighted by molar-refractivity contribution is 7.99. The average Bonchev–Trinajstić information content (AvgIpc) is 3.31. The van der Waals surface area contributed by atoms with Crippen molar-refractivity contribution in [3.8, 4) is 0 Å². The van der Waals surface area contributed by atoms with Gasteiger partial charge in [-0.3, -0.25) is 4.79 Å². The Morgan fingerprint density at radius 1 is 1.13 bits per heavy atom. The summed E-state index contributed by atoms with van der Waals surface area (Å²) in [6.07, 6.45) is 0. The van der Waals surface area contributed by atoms with Crippen LogP contribution in [0.2, 0.25) is 0 Å². The number of nitrogens with zero attached hydrogens (tertiary/aromatic N) is 7. The Morgan fingerprint density at radius 3 is 2.77 bits per heavy atom. The summed E-state index contributed by atoms with van der Waals surface area (Å²) in [6.45, 7) is 5.45. The van der Waals surface area contributed by atoms with Crippen LogP contribution < -0.4 is 10.2 Å². The lowest BCUT2D eigenvalue weighted by Gasteiger charge is -2.33. The third-order valence-electron chi connectivity index (χ3n) is 4.90. The van der Waals surface area contributed by atoms with Crippen LogP contribution in [0, 0.1) is 0 Å². The van der Waals surface area contributed by atoms with Gasteiger partial charge in [0.1, 0.15) is 5.82 Å². The standard InChI is InChI=1S/C19H20N8OS2/c1-12(28)20-18-21-14-4-3-13(11-15(14)30-18)29-19-23-22-16-5-6-17(24-27(16)19)26-9-7-25(2)8-10-26/h3-6,11H,7-10H2,1-2H3,(H,20,21,28). The van der Waals surface area contributed by atoms with Crippen molar-refractivity contribution < 1.29 is 4.79 Å². The molecule has 0 radical (unpaired) electrons. The number of amides is 1. The topological polar surface area (TPSA) is 91.5 Å². The quantitative estimate of drug-likeness (QED) is 0.518. The molecule has 0 bridgehead atoms. The molecular weight excluding hydrogens is 420 g/mol. The minimum Gasteiger partial charge on any atom is -0.353 e. The van der Waals surface area contributed by atoms with Crippen molar-refractivity contribution in [1.29, 1.82) is 0 Å². The molecule has 3 aromatic heterocycles. The number of carbonyl (C=O) groups is 1. The van der Waals surface area contributed by atoms with Crippen molar-refractivity contribution in [2.24, 2.45) is 0 Å². The molecule has 0 saturated carbocycles. The fourth-order valence-corrected chi connectivity index (χ4v) is 5.16. The Hall–Kier alpha value is -2.76. The van der Waals surface area contributed by atoms with E-state index in [1.54, 1.807) is 4.52 Å². The maximum Gasteiger partial charge on any atom is 0.223 e. The van der Waals surface area contributed by atoms with Crippen LogP contribution in [0.15, 0.2) is 40.4 Å². The van der Waals surface area contributed by atoms with Crippen molar-refractivity contribution in [1.82, 2.24) is 29.7 Å². The van der Waals surface area contributed by atoms with Gasteiger partial charge in [-0.25, -0.2) is 4.98 Å². The SMILES string of the molecule is CC(=O)Nc1nc2ccc(Sc3nnc4ccc(N5CCN(C)CC5)nn34)cc2s1. The molecule has 11 heteroatoms. The second kappa shape index (κ2) is 7.82. The van der Waals surface area contributed by atoms with Gasteiger partial charge in [0.15, 0.2) is 10.8 Å². The number of nitrogens with one attached hydrogen (secondary N) is 1. The molecular formula is C19H20N8OS2. The van der Waals surface area contributed by atoms with E-state index in [-0.39, 0.29) is 5.91 Å². The second-order valence-electron chi connectivity index (χ2n) is 7.17. The highest BCUT2D eigenvalue weighted by atomic mass is 32.2. The van der Waals surface area contributed by atoms with E-state index in [9.17, 15) is 4.79 Å². The van der Waals surface area contributed by atoms with Gasteiger partial charge >= 0.3 is 0 Å². The van der Waals surface area contributed by atoms with Crippen molar-refractivity contribution >= 4 is 55.8 Å². The van der Waals surface area contributed by atoms with Crippen molar-refractivity contribution in [2.45, 2.75) is 17.0 Å². The molecule has 4 heterocycles. The van der Waals surface area contributed by atoms with Crippen LogP contribution in [-0.2, 0) is 4.79 Å². The first-order valence-electron chi connectivity index (χ1n) is 9.57. The molecule has 0 spiro atoms. The summed E-state index contributed by atoms with van der Waals surface area (Å²) in [5, 5.41) is 17.4. The van der Waals surface area contributed by atoms with E-state index in [2.05, 4.69) is 37.3 Å². The predicted octanol–water partition coefficient (Wildman–Crippen LogP) is 2.60. The number of rotatable bonds is 4. The van der Waals surface area contributed by atoms with Crippen LogP contribution in [0.3, 0.4) is 0 Å². The number of fused-ring (bicyclic) bond motifs is 2. The molecule has 1 fully saturated rings. The predicted molar refractivity (Wildman–Crippen MR) is 119 cm³/mol. The molecule has 1 aromatic carbocycles. The minimum absolute atomic E-state index is 0.124. The molecule has 5 rings (SSSR count). The Balaban J connectivity index is 1.42. The smallest absolute Gasteiger partial charge is 0.223 e.